The van der Waals surface area contributed by atoms with Gasteiger partial charge in [-0.2, -0.15) is 0 Å². The smallest absolute Gasteiger partial charge is 0.317 e. The number of nitrogens with zero attached hydrogens (tertiary/aromatic N) is 3. The van der Waals surface area contributed by atoms with Crippen LogP contribution < -0.4 is 5.32 Å². The van der Waals surface area contributed by atoms with E-state index in [2.05, 4.69) is 10.2 Å². The molecule has 0 spiro atoms. The van der Waals surface area contributed by atoms with Crippen molar-refractivity contribution in [2.75, 3.05) is 26.2 Å². The Balaban J connectivity index is 1.32. The first-order chi connectivity index (χ1) is 12.6. The first-order valence-electron chi connectivity index (χ1n) is 10.4. The van der Waals surface area contributed by atoms with Gasteiger partial charge in [0, 0.05) is 55.5 Å². The number of hydrogen-bond acceptors (Lipinski definition) is 4. The summed E-state index contributed by atoms with van der Waals surface area (Å²) in [6.45, 7) is 8.13. The predicted molar refractivity (Wildman–Crippen MR) is 106 cm³/mol. The first kappa shape index (κ1) is 18.2. The van der Waals surface area contributed by atoms with E-state index in [1.807, 2.05) is 30.1 Å². The van der Waals surface area contributed by atoms with Crippen LogP contribution in [-0.2, 0) is 12.8 Å². The van der Waals surface area contributed by atoms with E-state index in [1.165, 1.54) is 54.4 Å². The molecular formula is C20H32N4OS. The highest BCUT2D eigenvalue weighted by atomic mass is 32.1. The molecule has 1 aromatic heterocycles. The SMILES string of the molecule is CC(C)NC(=O)N1CCC(c2nc3c(s2)CCN(C2CCC2)CC3)CC1. The maximum atomic E-state index is 12.2. The number of likely N-dealkylation sites (tertiary alicyclic amines) is 1. The summed E-state index contributed by atoms with van der Waals surface area (Å²) in [7, 11) is 0. The number of urea groups is 1. The molecular weight excluding hydrogens is 344 g/mol. The second-order valence-corrected chi connectivity index (χ2v) is 9.52. The maximum absolute atomic E-state index is 12.2. The largest absolute Gasteiger partial charge is 0.336 e. The summed E-state index contributed by atoms with van der Waals surface area (Å²) in [5, 5.41) is 4.34. The van der Waals surface area contributed by atoms with Gasteiger partial charge in [-0.25, -0.2) is 9.78 Å². The number of aromatic nitrogens is 1. The molecule has 0 aromatic carbocycles. The molecule has 2 aliphatic heterocycles. The van der Waals surface area contributed by atoms with Gasteiger partial charge >= 0.3 is 6.03 Å². The molecule has 3 heterocycles. The monoisotopic (exact) mass is 376 g/mol. The molecule has 2 amide bonds. The van der Waals surface area contributed by atoms with Crippen LogP contribution in [-0.4, -0.2) is 59.1 Å². The molecule has 3 aliphatic rings. The summed E-state index contributed by atoms with van der Waals surface area (Å²) < 4.78 is 0. The van der Waals surface area contributed by atoms with Gasteiger partial charge in [-0.3, -0.25) is 4.90 Å². The van der Waals surface area contributed by atoms with Gasteiger partial charge in [0.2, 0.25) is 0 Å². The van der Waals surface area contributed by atoms with Crippen molar-refractivity contribution in [2.45, 2.75) is 76.8 Å². The van der Waals surface area contributed by atoms with Crippen LogP contribution in [0.1, 0.15) is 67.4 Å². The molecule has 1 saturated heterocycles. The molecule has 1 aliphatic carbocycles. The zero-order chi connectivity index (χ0) is 18.1. The van der Waals surface area contributed by atoms with E-state index in [1.54, 1.807) is 0 Å². The van der Waals surface area contributed by atoms with Gasteiger partial charge in [-0.1, -0.05) is 6.42 Å². The fraction of sp³-hybridized carbons (Fsp3) is 0.800. The molecule has 1 N–H and O–H groups in total. The lowest BCUT2D eigenvalue weighted by Gasteiger charge is -2.36. The van der Waals surface area contributed by atoms with E-state index < -0.39 is 0 Å². The van der Waals surface area contributed by atoms with E-state index in [-0.39, 0.29) is 12.1 Å². The Morgan fingerprint density at radius 2 is 1.85 bits per heavy atom. The molecule has 144 valence electrons. The molecule has 26 heavy (non-hydrogen) atoms. The second kappa shape index (κ2) is 7.85. The summed E-state index contributed by atoms with van der Waals surface area (Å²) in [5.41, 5.74) is 1.37. The molecule has 5 nitrogen and oxygen atoms in total. The van der Waals surface area contributed by atoms with Crippen molar-refractivity contribution >= 4 is 17.4 Å². The zero-order valence-corrected chi connectivity index (χ0v) is 17.0. The maximum Gasteiger partial charge on any atom is 0.317 e. The number of rotatable bonds is 3. The quantitative estimate of drug-likeness (QED) is 0.880. The van der Waals surface area contributed by atoms with Crippen LogP contribution >= 0.6 is 11.3 Å². The van der Waals surface area contributed by atoms with E-state index in [0.29, 0.717) is 5.92 Å². The van der Waals surface area contributed by atoms with Crippen LogP contribution in [0.2, 0.25) is 0 Å². The fourth-order valence-electron chi connectivity index (χ4n) is 4.36. The van der Waals surface area contributed by atoms with Crippen molar-refractivity contribution in [3.63, 3.8) is 0 Å². The number of amides is 2. The summed E-state index contributed by atoms with van der Waals surface area (Å²) in [6.07, 6.45) is 8.61. The lowest BCUT2D eigenvalue weighted by molar-refractivity contribution is 0.133. The molecule has 0 radical (unpaired) electrons. The molecule has 0 bridgehead atoms. The molecule has 6 heteroatoms. The van der Waals surface area contributed by atoms with Gasteiger partial charge in [-0.15, -0.1) is 11.3 Å². The van der Waals surface area contributed by atoms with E-state index in [9.17, 15) is 4.79 Å². The summed E-state index contributed by atoms with van der Waals surface area (Å²) in [6, 6.07) is 1.14. The Morgan fingerprint density at radius 3 is 2.50 bits per heavy atom. The highest BCUT2D eigenvalue weighted by Gasteiger charge is 2.30. The number of hydrogen-bond donors (Lipinski definition) is 1. The lowest BCUT2D eigenvalue weighted by Crippen LogP contribution is -2.46. The highest BCUT2D eigenvalue weighted by molar-refractivity contribution is 7.11. The number of carbonyl (C=O) groups excluding carboxylic acids is 1. The van der Waals surface area contributed by atoms with E-state index in [4.69, 9.17) is 4.98 Å². The Bertz CT molecular complexity index is 606. The fourth-order valence-corrected chi connectivity index (χ4v) is 5.63. The van der Waals surface area contributed by atoms with Gasteiger partial charge in [0.15, 0.2) is 0 Å². The van der Waals surface area contributed by atoms with Gasteiger partial charge in [0.25, 0.3) is 0 Å². The summed E-state index contributed by atoms with van der Waals surface area (Å²) in [5.74, 6) is 0.540. The lowest BCUT2D eigenvalue weighted by atomic mass is 9.91. The second-order valence-electron chi connectivity index (χ2n) is 8.41. The standard InChI is InChI=1S/C20H32N4OS/c1-14(2)21-20(25)24-10-6-15(7-11-24)19-22-17-8-12-23(16-4-3-5-16)13-9-18(17)26-19/h14-16H,3-13H2,1-2H3,(H,21,25). The molecule has 0 unspecified atom stereocenters. The van der Waals surface area contributed by atoms with Gasteiger partial charge < -0.3 is 10.2 Å². The summed E-state index contributed by atoms with van der Waals surface area (Å²) >= 11 is 1.96. The van der Waals surface area contributed by atoms with Crippen molar-refractivity contribution in [2.24, 2.45) is 0 Å². The molecule has 1 aromatic rings. The number of thiazole rings is 1. The van der Waals surface area contributed by atoms with Gasteiger partial charge in [0.1, 0.15) is 0 Å². The van der Waals surface area contributed by atoms with Crippen LogP contribution in [0.4, 0.5) is 4.79 Å². The number of carbonyl (C=O) groups is 1. The normalized spacial score (nSPS) is 22.8. The Hall–Kier alpha value is -1.14. The molecule has 1 saturated carbocycles. The molecule has 4 rings (SSSR count). The molecule has 2 fully saturated rings. The summed E-state index contributed by atoms with van der Waals surface area (Å²) in [4.78, 5) is 23.4. The van der Waals surface area contributed by atoms with Crippen LogP contribution in [0.5, 0.6) is 0 Å². The van der Waals surface area contributed by atoms with Crippen LogP contribution in [0.25, 0.3) is 0 Å². The van der Waals surface area contributed by atoms with Crippen molar-refractivity contribution in [3.8, 4) is 0 Å². The van der Waals surface area contributed by atoms with Crippen LogP contribution in [0.3, 0.4) is 0 Å². The van der Waals surface area contributed by atoms with Gasteiger partial charge in [0.05, 0.1) is 10.7 Å². The van der Waals surface area contributed by atoms with Crippen molar-refractivity contribution in [3.05, 3.63) is 15.6 Å². The number of piperidine rings is 1. The Morgan fingerprint density at radius 1 is 1.12 bits per heavy atom. The minimum Gasteiger partial charge on any atom is -0.336 e. The molecule has 0 atom stereocenters. The van der Waals surface area contributed by atoms with E-state index >= 15 is 0 Å². The third-order valence-corrected chi connectivity index (χ3v) is 7.51. The minimum atomic E-state index is 0.0875. The third-order valence-electron chi connectivity index (χ3n) is 6.19. The number of nitrogens with one attached hydrogen (secondary N) is 1. The number of fused-ring (bicyclic) bond motifs is 1. The van der Waals surface area contributed by atoms with Gasteiger partial charge in [-0.05, 0) is 46.0 Å². The Kier molecular flexibility index (Phi) is 5.50. The third kappa shape index (κ3) is 3.91. The topological polar surface area (TPSA) is 48.5 Å². The zero-order valence-electron chi connectivity index (χ0n) is 16.2. The van der Waals surface area contributed by atoms with Crippen LogP contribution in [0, 0.1) is 0 Å². The van der Waals surface area contributed by atoms with Crippen molar-refractivity contribution < 1.29 is 4.79 Å². The van der Waals surface area contributed by atoms with E-state index in [0.717, 1.165) is 38.4 Å². The Labute approximate surface area is 161 Å². The average molecular weight is 377 g/mol. The van der Waals surface area contributed by atoms with Crippen molar-refractivity contribution in [1.29, 1.82) is 0 Å². The van der Waals surface area contributed by atoms with Crippen LogP contribution in [0.15, 0.2) is 0 Å². The predicted octanol–water partition coefficient (Wildman–Crippen LogP) is 3.39. The van der Waals surface area contributed by atoms with Crippen molar-refractivity contribution in [1.82, 2.24) is 20.1 Å². The highest BCUT2D eigenvalue weighted by Crippen LogP contribution is 2.35. The first-order valence-corrected chi connectivity index (χ1v) is 11.2. The minimum absolute atomic E-state index is 0.0875. The average Bonchev–Trinajstić information content (AvgIpc) is 2.89.